The summed E-state index contributed by atoms with van der Waals surface area (Å²) < 4.78 is 6.81. The lowest BCUT2D eigenvalue weighted by atomic mass is 10.1. The number of anilines is 2. The second-order valence-corrected chi connectivity index (χ2v) is 21.7. The van der Waals surface area contributed by atoms with Gasteiger partial charge in [0.05, 0.1) is 16.4 Å². The second kappa shape index (κ2) is 22.3. The molecule has 56 heavy (non-hydrogen) atoms. The molecule has 8 nitrogen and oxygen atoms in total. The highest BCUT2D eigenvalue weighted by Gasteiger charge is 2.36. The van der Waals surface area contributed by atoms with Crippen molar-refractivity contribution in [1.82, 2.24) is 29.9 Å². The number of hydrogen-bond acceptors (Lipinski definition) is 8. The van der Waals surface area contributed by atoms with E-state index in [2.05, 4.69) is 29.9 Å². The third-order valence-electron chi connectivity index (χ3n) is 6.79. The first kappa shape index (κ1) is 51.3. The number of hydrogen-bond donors (Lipinski definition) is 0. The Labute approximate surface area is 406 Å². The molecule has 0 fully saturated rings. The van der Waals surface area contributed by atoms with E-state index in [4.69, 9.17) is 197 Å². The largest absolute Gasteiger partial charge is 0.367 e. The molecule has 0 spiro atoms. The Kier molecular flexibility index (Phi) is 20.4. The molecule has 2 aromatic carbocycles. The Bertz CT molecular complexity index is 1840. The van der Waals surface area contributed by atoms with Gasteiger partial charge in [-0.1, -0.05) is 157 Å². The monoisotopic (exact) mass is 1110 g/mol. The van der Waals surface area contributed by atoms with E-state index < -0.39 is 21.0 Å². The summed E-state index contributed by atoms with van der Waals surface area (Å²) in [6.07, 6.45) is 0. The van der Waals surface area contributed by atoms with Crippen LogP contribution in [-0.2, 0) is 15.2 Å². The molecule has 0 radical (unpaired) electrons. The minimum absolute atomic E-state index is 0.0238. The van der Waals surface area contributed by atoms with Crippen molar-refractivity contribution in [3.05, 3.63) is 70.5 Å². The Morgan fingerprint density at radius 1 is 0.500 bits per heavy atom. The lowest BCUT2D eigenvalue weighted by Gasteiger charge is -2.26. The maximum Gasteiger partial charge on any atom is 0.250 e. The molecule has 0 unspecified atom stereocenters. The summed E-state index contributed by atoms with van der Waals surface area (Å²) in [6.45, 7) is 1.80. The zero-order valence-corrected chi connectivity index (χ0v) is 40.4. The fourth-order valence-electron chi connectivity index (χ4n) is 4.52. The quantitative estimate of drug-likeness (QED) is 0.130. The van der Waals surface area contributed by atoms with Crippen LogP contribution in [-0.4, -0.2) is 79.6 Å². The number of rotatable bonds is 12. The molecule has 0 N–H and O–H groups in total. The summed E-state index contributed by atoms with van der Waals surface area (Å²) in [5.41, 5.74) is 1.70. The molecular formula is C30H22Cl17FN8. The van der Waals surface area contributed by atoms with Crippen LogP contribution >= 0.6 is 197 Å². The first-order chi connectivity index (χ1) is 26.0. The van der Waals surface area contributed by atoms with Crippen molar-refractivity contribution in [3.63, 3.8) is 0 Å². The zero-order chi connectivity index (χ0) is 42.2. The average Bonchev–Trinajstić information content (AvgIpc) is 3.10. The predicted octanol–water partition coefficient (Wildman–Crippen LogP) is 13.7. The lowest BCUT2D eigenvalue weighted by molar-refractivity contribution is 0.620. The number of alkyl halides is 16. The van der Waals surface area contributed by atoms with Gasteiger partial charge in [-0.25, -0.2) is 34.3 Å². The van der Waals surface area contributed by atoms with E-state index in [-0.39, 0.29) is 40.5 Å². The van der Waals surface area contributed by atoms with Crippen LogP contribution in [0.1, 0.15) is 23.3 Å². The molecule has 0 aliphatic rings. The highest BCUT2D eigenvalue weighted by Crippen LogP contribution is 2.44. The van der Waals surface area contributed by atoms with E-state index in [0.29, 0.717) is 71.7 Å². The number of para-hydroxylation sites is 1. The molecule has 26 heteroatoms. The molecule has 0 saturated carbocycles. The summed E-state index contributed by atoms with van der Waals surface area (Å²) in [5, 5.41) is 0.430. The minimum atomic E-state index is -2.00. The van der Waals surface area contributed by atoms with Crippen molar-refractivity contribution in [2.45, 2.75) is 15.2 Å². The summed E-state index contributed by atoms with van der Waals surface area (Å²) >= 11 is 101. The molecule has 0 saturated heterocycles. The van der Waals surface area contributed by atoms with Gasteiger partial charge in [0.25, 0.3) is 0 Å². The van der Waals surface area contributed by atoms with Gasteiger partial charge in [-0.05, 0) is 30.3 Å². The fourth-order valence-corrected chi connectivity index (χ4v) is 6.65. The Morgan fingerprint density at radius 3 is 1.27 bits per heavy atom. The summed E-state index contributed by atoms with van der Waals surface area (Å²) in [5.74, 6) is -0.0666. The van der Waals surface area contributed by atoms with Gasteiger partial charge in [0.2, 0.25) is 15.2 Å². The van der Waals surface area contributed by atoms with E-state index in [1.54, 1.807) is 29.2 Å². The van der Waals surface area contributed by atoms with Crippen molar-refractivity contribution in [2.75, 3.05) is 59.5 Å². The van der Waals surface area contributed by atoms with E-state index in [9.17, 15) is 4.39 Å². The van der Waals surface area contributed by atoms with Gasteiger partial charge >= 0.3 is 0 Å². The first-order valence-corrected chi connectivity index (χ1v) is 22.1. The van der Waals surface area contributed by atoms with Gasteiger partial charge in [0.1, 0.15) is 5.82 Å². The number of benzene rings is 2. The van der Waals surface area contributed by atoms with Gasteiger partial charge in [-0.2, -0.15) is 0 Å². The van der Waals surface area contributed by atoms with Crippen molar-refractivity contribution in [1.29, 1.82) is 0 Å². The highest BCUT2D eigenvalue weighted by atomic mass is 35.6. The second-order valence-electron chi connectivity index (χ2n) is 10.6. The van der Waals surface area contributed by atoms with E-state index in [1.807, 2.05) is 4.90 Å². The van der Waals surface area contributed by atoms with Crippen LogP contribution in [0, 0.1) is 5.82 Å². The number of halogens is 18. The highest BCUT2D eigenvalue weighted by molar-refractivity contribution is 6.68. The normalized spacial score (nSPS) is 12.3. The van der Waals surface area contributed by atoms with Crippen LogP contribution in [0.25, 0.3) is 22.8 Å². The summed E-state index contributed by atoms with van der Waals surface area (Å²) in [6, 6.07) is 9.49. The van der Waals surface area contributed by atoms with Gasteiger partial charge in [0, 0.05) is 60.8 Å². The van der Waals surface area contributed by atoms with Crippen LogP contribution in [0.3, 0.4) is 0 Å². The SMILES string of the molecule is ClCCN(CCCl)c1c(Cl)cccc1-c1nc(C(Cl)(Cl)Cl)nc(C(Cl)(Cl)Cl)n1.Fc1cc(-c2nc(C(Cl)(Cl)Cl)nc(C(Cl)(Cl)Cl)n2)ccc1N(CCCl)CCCl. The van der Waals surface area contributed by atoms with Gasteiger partial charge < -0.3 is 9.80 Å². The predicted molar refractivity (Wildman–Crippen MR) is 240 cm³/mol. The fraction of sp³-hybridized carbons (Fsp3) is 0.400. The van der Waals surface area contributed by atoms with Crippen LogP contribution < -0.4 is 9.80 Å². The molecule has 0 amide bonds. The Hall–Kier alpha value is 0.920. The summed E-state index contributed by atoms with van der Waals surface area (Å²) in [4.78, 5) is 28.1. The molecule has 4 rings (SSSR count). The van der Waals surface area contributed by atoms with Crippen molar-refractivity contribution >= 4 is 209 Å². The number of nitrogens with zero attached hydrogens (tertiary/aromatic N) is 8. The third-order valence-corrected chi connectivity index (χ3v) is 9.80. The van der Waals surface area contributed by atoms with E-state index >= 15 is 0 Å². The molecule has 2 aromatic heterocycles. The molecule has 4 aromatic rings. The topological polar surface area (TPSA) is 83.8 Å². The molecule has 2 heterocycles. The van der Waals surface area contributed by atoms with E-state index in [0.717, 1.165) is 0 Å². The molecule has 0 atom stereocenters. The Morgan fingerprint density at radius 2 is 0.893 bits per heavy atom. The molecule has 0 bridgehead atoms. The molecule has 0 aliphatic carbocycles. The smallest absolute Gasteiger partial charge is 0.250 e. The molecule has 0 aliphatic heterocycles. The van der Waals surface area contributed by atoms with E-state index in [1.165, 1.54) is 12.1 Å². The standard InChI is InChI=1S/C15H11Cl9N4.C15H11Cl8FN4/c16-4-6-28(7-5-17)10-8(2-1-3-9(10)18)11-25-12(14(19,20)21)27-13(26-11)15(22,23)24;16-3-5-28(6-4-17)10-2-1-8(7-9(10)24)11-25-12(14(18,19)20)27-13(26-11)15(21,22)23/h1-3H,4-7H2;1-2,7H,3-6H2. The zero-order valence-electron chi connectivity index (χ0n) is 27.5. The lowest BCUT2D eigenvalue weighted by Crippen LogP contribution is -2.28. The average molecular weight is 1120 g/mol. The van der Waals surface area contributed by atoms with Gasteiger partial charge in [-0.15, -0.1) is 46.4 Å². The van der Waals surface area contributed by atoms with Gasteiger partial charge in [-0.3, -0.25) is 0 Å². The third kappa shape index (κ3) is 14.8. The van der Waals surface area contributed by atoms with Crippen LogP contribution in [0.15, 0.2) is 36.4 Å². The number of aromatic nitrogens is 6. The molecular weight excluding hydrogens is 1090 g/mol. The van der Waals surface area contributed by atoms with Crippen LogP contribution in [0.4, 0.5) is 15.8 Å². The van der Waals surface area contributed by atoms with Crippen LogP contribution in [0.5, 0.6) is 0 Å². The Balaban J connectivity index is 0.000000300. The van der Waals surface area contributed by atoms with Crippen LogP contribution in [0.2, 0.25) is 5.02 Å². The first-order valence-electron chi connectivity index (χ1n) is 15.1. The van der Waals surface area contributed by atoms with Gasteiger partial charge in [0.15, 0.2) is 34.9 Å². The maximum atomic E-state index is 14.7. The summed E-state index contributed by atoms with van der Waals surface area (Å²) in [7, 11) is 0. The minimum Gasteiger partial charge on any atom is -0.367 e. The van der Waals surface area contributed by atoms with Crippen molar-refractivity contribution in [2.24, 2.45) is 0 Å². The maximum absolute atomic E-state index is 14.7. The van der Waals surface area contributed by atoms with Crippen molar-refractivity contribution in [3.8, 4) is 22.8 Å². The molecule has 308 valence electrons. The van der Waals surface area contributed by atoms with Crippen molar-refractivity contribution < 1.29 is 4.39 Å².